The number of imidazole rings is 1. The third-order valence-electron chi connectivity index (χ3n) is 4.82. The number of aliphatic imine (C=N–C) groups is 1. The molecule has 1 atom stereocenters. The second-order valence-corrected chi connectivity index (χ2v) is 6.45. The molecule has 0 N–H and O–H groups in total. The minimum absolute atomic E-state index is 0.159. The zero-order chi connectivity index (χ0) is 20.1. The lowest BCUT2D eigenvalue weighted by atomic mass is 10.1. The van der Waals surface area contributed by atoms with Crippen LogP contribution < -0.4 is 0 Å². The van der Waals surface area contributed by atoms with Gasteiger partial charge in [0.25, 0.3) is 0 Å². The molecule has 0 amide bonds. The smallest absolute Gasteiger partial charge is 0.140 e. The summed E-state index contributed by atoms with van der Waals surface area (Å²) in [5, 5.41) is 9.20. The van der Waals surface area contributed by atoms with E-state index in [0.29, 0.717) is 11.4 Å². The molecule has 0 aliphatic heterocycles. The fourth-order valence-corrected chi connectivity index (χ4v) is 3.08. The molecule has 0 aliphatic carbocycles. The van der Waals surface area contributed by atoms with Crippen molar-refractivity contribution in [2.75, 3.05) is 7.05 Å². The van der Waals surface area contributed by atoms with Crippen LogP contribution in [-0.4, -0.2) is 27.3 Å². The summed E-state index contributed by atoms with van der Waals surface area (Å²) in [4.78, 5) is 11.4. The van der Waals surface area contributed by atoms with Gasteiger partial charge in [-0.05, 0) is 49.8 Å². The Labute approximate surface area is 165 Å². The van der Waals surface area contributed by atoms with Gasteiger partial charge in [0.2, 0.25) is 0 Å². The zero-order valence-corrected chi connectivity index (χ0v) is 16.4. The second kappa shape index (κ2) is 8.36. The Morgan fingerprint density at radius 3 is 2.68 bits per heavy atom. The maximum Gasteiger partial charge on any atom is 0.140 e. The highest BCUT2D eigenvalue weighted by Crippen LogP contribution is 2.23. The minimum atomic E-state index is 0.159. The summed E-state index contributed by atoms with van der Waals surface area (Å²) in [5.74, 6) is 1.47. The van der Waals surface area contributed by atoms with E-state index in [9.17, 15) is 5.26 Å². The van der Waals surface area contributed by atoms with Crippen LogP contribution in [0, 0.1) is 11.3 Å². The van der Waals surface area contributed by atoms with Gasteiger partial charge < -0.3 is 4.90 Å². The number of aromatic nitrogens is 2. The standard InChI is InChI=1S/C23H23N5/c1-5-22(27(4)17(3)19-10-8-7-9-11-19)26-23(6-2)28-16-25-20-13-12-18(15-24)14-21(20)28/h5-14,16-17H,2H2,1,3-4H3/b22-5+,26-23+. The summed E-state index contributed by atoms with van der Waals surface area (Å²) in [7, 11) is 2.02. The molecule has 1 heterocycles. The monoisotopic (exact) mass is 369 g/mol. The first-order valence-corrected chi connectivity index (χ1v) is 9.11. The Hall–Kier alpha value is -3.65. The number of nitriles is 1. The summed E-state index contributed by atoms with van der Waals surface area (Å²) >= 11 is 0. The largest absolute Gasteiger partial charge is 0.353 e. The molecule has 0 saturated heterocycles. The van der Waals surface area contributed by atoms with Crippen molar-refractivity contribution in [2.24, 2.45) is 4.99 Å². The van der Waals surface area contributed by atoms with Crippen LogP contribution in [0.3, 0.4) is 0 Å². The van der Waals surface area contributed by atoms with Crippen molar-refractivity contribution in [1.29, 1.82) is 5.26 Å². The molecule has 0 fully saturated rings. The third-order valence-corrected chi connectivity index (χ3v) is 4.82. The molecule has 1 unspecified atom stereocenters. The highest BCUT2D eigenvalue weighted by Gasteiger charge is 2.15. The van der Waals surface area contributed by atoms with Crippen LogP contribution in [0.2, 0.25) is 0 Å². The van der Waals surface area contributed by atoms with Gasteiger partial charge in [0, 0.05) is 7.05 Å². The fraction of sp³-hybridized carbons (Fsp3) is 0.174. The van der Waals surface area contributed by atoms with E-state index in [4.69, 9.17) is 4.99 Å². The van der Waals surface area contributed by atoms with E-state index in [0.717, 1.165) is 16.9 Å². The van der Waals surface area contributed by atoms with Gasteiger partial charge in [-0.25, -0.2) is 9.98 Å². The molecule has 3 aromatic rings. The summed E-state index contributed by atoms with van der Waals surface area (Å²) in [6.07, 6.45) is 5.38. The van der Waals surface area contributed by atoms with Gasteiger partial charge in [0.05, 0.1) is 28.7 Å². The summed E-state index contributed by atoms with van der Waals surface area (Å²) < 4.78 is 1.85. The molecule has 1 aromatic heterocycles. The van der Waals surface area contributed by atoms with Crippen molar-refractivity contribution >= 4 is 16.9 Å². The Bertz CT molecular complexity index is 1080. The molecule has 2 aromatic carbocycles. The van der Waals surface area contributed by atoms with Gasteiger partial charge in [-0.15, -0.1) is 0 Å². The van der Waals surface area contributed by atoms with Gasteiger partial charge in [0.1, 0.15) is 18.0 Å². The average Bonchev–Trinajstić information content (AvgIpc) is 3.17. The predicted octanol–water partition coefficient (Wildman–Crippen LogP) is 4.89. The molecule has 0 bridgehead atoms. The molecule has 5 heteroatoms. The number of benzene rings is 2. The molecule has 0 spiro atoms. The van der Waals surface area contributed by atoms with Crippen LogP contribution >= 0.6 is 0 Å². The van der Waals surface area contributed by atoms with Crippen LogP contribution in [0.4, 0.5) is 0 Å². The van der Waals surface area contributed by atoms with Crippen molar-refractivity contribution in [1.82, 2.24) is 14.5 Å². The first-order chi connectivity index (χ1) is 13.6. The first kappa shape index (κ1) is 19.1. The van der Waals surface area contributed by atoms with Gasteiger partial charge >= 0.3 is 0 Å². The van der Waals surface area contributed by atoms with Gasteiger partial charge in [-0.3, -0.25) is 4.57 Å². The Morgan fingerprint density at radius 1 is 1.29 bits per heavy atom. The average molecular weight is 369 g/mol. The SMILES string of the molecule is C=C/C(=N\C(=C/C)N(C)C(C)c1ccccc1)n1cnc2ccc(C#N)cc21. The fourth-order valence-electron chi connectivity index (χ4n) is 3.08. The van der Waals surface area contributed by atoms with Crippen LogP contribution in [-0.2, 0) is 0 Å². The van der Waals surface area contributed by atoms with E-state index < -0.39 is 0 Å². The topological polar surface area (TPSA) is 57.2 Å². The van der Waals surface area contributed by atoms with Crippen molar-refractivity contribution in [3.05, 3.63) is 90.5 Å². The molecular weight excluding hydrogens is 346 g/mol. The molecule has 3 rings (SSSR count). The van der Waals surface area contributed by atoms with Crippen molar-refractivity contribution in [3.8, 4) is 6.07 Å². The lowest BCUT2D eigenvalue weighted by Crippen LogP contribution is -2.22. The van der Waals surface area contributed by atoms with Crippen LogP contribution in [0.25, 0.3) is 11.0 Å². The third kappa shape index (κ3) is 3.72. The molecular formula is C23H23N5. The Morgan fingerprint density at radius 2 is 2.04 bits per heavy atom. The molecule has 5 nitrogen and oxygen atoms in total. The number of fused-ring (bicyclic) bond motifs is 1. The molecule has 140 valence electrons. The highest BCUT2D eigenvalue weighted by molar-refractivity contribution is 6.00. The quantitative estimate of drug-likeness (QED) is 0.475. The van der Waals surface area contributed by atoms with Gasteiger partial charge in [-0.1, -0.05) is 36.9 Å². The van der Waals surface area contributed by atoms with E-state index in [1.54, 1.807) is 18.5 Å². The predicted molar refractivity (Wildman–Crippen MR) is 114 cm³/mol. The number of allylic oxidation sites excluding steroid dienone is 2. The number of nitrogens with zero attached hydrogens (tertiary/aromatic N) is 5. The highest BCUT2D eigenvalue weighted by atomic mass is 15.2. The Balaban J connectivity index is 1.99. The van der Waals surface area contributed by atoms with Crippen molar-refractivity contribution < 1.29 is 0 Å². The van der Waals surface area contributed by atoms with E-state index in [-0.39, 0.29) is 6.04 Å². The van der Waals surface area contributed by atoms with Gasteiger partial charge in [0.15, 0.2) is 0 Å². The zero-order valence-electron chi connectivity index (χ0n) is 16.4. The van der Waals surface area contributed by atoms with E-state index >= 15 is 0 Å². The Kier molecular flexibility index (Phi) is 5.71. The molecule has 0 saturated carbocycles. The summed E-state index contributed by atoms with van der Waals surface area (Å²) in [6.45, 7) is 8.04. The molecule has 0 aliphatic rings. The van der Waals surface area contributed by atoms with Crippen molar-refractivity contribution in [3.63, 3.8) is 0 Å². The molecule has 28 heavy (non-hydrogen) atoms. The number of hydrogen-bond acceptors (Lipinski definition) is 4. The summed E-state index contributed by atoms with van der Waals surface area (Å²) in [6, 6.07) is 18.1. The second-order valence-electron chi connectivity index (χ2n) is 6.45. The lowest BCUT2D eigenvalue weighted by Gasteiger charge is -2.27. The van der Waals surface area contributed by atoms with Crippen molar-refractivity contribution in [2.45, 2.75) is 19.9 Å². The molecule has 0 radical (unpaired) electrons. The number of hydrogen-bond donors (Lipinski definition) is 0. The maximum absolute atomic E-state index is 9.20. The number of rotatable bonds is 5. The van der Waals surface area contributed by atoms with E-state index in [1.807, 2.05) is 54.9 Å². The van der Waals surface area contributed by atoms with Crippen LogP contribution in [0.15, 0.2) is 84.4 Å². The van der Waals surface area contributed by atoms with Crippen LogP contribution in [0.5, 0.6) is 0 Å². The first-order valence-electron chi connectivity index (χ1n) is 9.11. The lowest BCUT2D eigenvalue weighted by molar-refractivity contribution is 0.327. The summed E-state index contributed by atoms with van der Waals surface area (Å²) in [5.41, 5.74) is 3.43. The van der Waals surface area contributed by atoms with Crippen LogP contribution in [0.1, 0.15) is 31.0 Å². The van der Waals surface area contributed by atoms with Gasteiger partial charge in [-0.2, -0.15) is 5.26 Å². The van der Waals surface area contributed by atoms with E-state index in [2.05, 4.69) is 41.6 Å². The minimum Gasteiger partial charge on any atom is -0.353 e. The van der Waals surface area contributed by atoms with E-state index in [1.165, 1.54) is 5.56 Å². The maximum atomic E-state index is 9.20. The normalized spacial score (nSPS) is 13.2.